The topological polar surface area (TPSA) is 17.8 Å². The minimum Gasteiger partial charge on any atom is -0.334 e. The Morgan fingerprint density at radius 1 is 1.67 bits per heavy atom. The van der Waals surface area contributed by atoms with Gasteiger partial charge in [0.15, 0.2) is 0 Å². The Labute approximate surface area is 58.8 Å². The lowest BCUT2D eigenvalue weighted by Gasteiger charge is -1.90. The molecule has 0 spiro atoms. The first kappa shape index (κ1) is 6.36. The van der Waals surface area contributed by atoms with Crippen LogP contribution in [0.1, 0.15) is 0 Å². The number of hydrogen-bond acceptors (Lipinski definition) is 1. The van der Waals surface area contributed by atoms with Gasteiger partial charge in [0.25, 0.3) is 0 Å². The van der Waals surface area contributed by atoms with Crippen molar-refractivity contribution in [3.63, 3.8) is 0 Å². The lowest BCUT2D eigenvalue weighted by Crippen LogP contribution is -1.88. The van der Waals surface area contributed by atoms with E-state index in [0.717, 1.165) is 6.54 Å². The maximum atomic E-state index is 5.30. The van der Waals surface area contributed by atoms with Gasteiger partial charge in [-0.25, -0.2) is 4.98 Å². The first-order valence-corrected chi connectivity index (χ1v) is 3.08. The molecule has 1 rings (SSSR count). The van der Waals surface area contributed by atoms with Gasteiger partial charge in [0.2, 0.25) is 0 Å². The van der Waals surface area contributed by atoms with Crippen LogP contribution in [0.25, 0.3) is 0 Å². The molecule has 0 aromatic carbocycles. The van der Waals surface area contributed by atoms with Gasteiger partial charge in [0.1, 0.15) is 0 Å². The van der Waals surface area contributed by atoms with Crippen molar-refractivity contribution in [2.24, 2.45) is 0 Å². The van der Waals surface area contributed by atoms with E-state index in [9.17, 15) is 0 Å². The Kier molecular flexibility index (Phi) is 2.33. The van der Waals surface area contributed by atoms with Gasteiger partial charge in [-0.2, -0.15) is 0 Å². The minimum atomic E-state index is 0.795. The van der Waals surface area contributed by atoms with E-state index in [0.29, 0.717) is 0 Å². The fourth-order valence-electron chi connectivity index (χ4n) is 0.556. The maximum Gasteiger partial charge on any atom is 0.0948 e. The van der Waals surface area contributed by atoms with E-state index in [1.807, 2.05) is 16.8 Å². The van der Waals surface area contributed by atoms with E-state index in [-0.39, 0.29) is 0 Å². The average Bonchev–Trinajstić information content (AvgIpc) is 2.34. The smallest absolute Gasteiger partial charge is 0.0948 e. The highest BCUT2D eigenvalue weighted by atomic mass is 35.5. The highest BCUT2D eigenvalue weighted by molar-refractivity contribution is 6.25. The van der Waals surface area contributed by atoms with Gasteiger partial charge < -0.3 is 4.57 Å². The molecule has 2 nitrogen and oxygen atoms in total. The number of imidazole rings is 1. The Balaban J connectivity index is 2.48. The summed E-state index contributed by atoms with van der Waals surface area (Å²) < 4.78 is 1.93. The first-order valence-electron chi connectivity index (χ1n) is 2.64. The van der Waals surface area contributed by atoms with Gasteiger partial charge in [0.05, 0.1) is 6.33 Å². The molecule has 0 atom stereocenters. The highest BCUT2D eigenvalue weighted by Gasteiger charge is 1.80. The second-order valence-corrected chi connectivity index (χ2v) is 1.87. The van der Waals surface area contributed by atoms with Crippen LogP contribution in [0.4, 0.5) is 0 Å². The molecule has 48 valence electrons. The minimum absolute atomic E-state index is 0.795. The third-order valence-electron chi connectivity index (χ3n) is 0.965. The van der Waals surface area contributed by atoms with Crippen molar-refractivity contribution in [1.29, 1.82) is 0 Å². The zero-order valence-corrected chi connectivity index (χ0v) is 5.62. The predicted octanol–water partition coefficient (Wildman–Crippen LogP) is 1.64. The Morgan fingerprint density at radius 2 is 2.56 bits per heavy atom. The average molecular weight is 143 g/mol. The summed E-state index contributed by atoms with van der Waals surface area (Å²) in [5.74, 6) is 0. The molecule has 9 heavy (non-hydrogen) atoms. The van der Waals surface area contributed by atoms with Crippen LogP contribution in [0, 0.1) is 0 Å². The van der Waals surface area contributed by atoms with Crippen molar-refractivity contribution >= 4 is 11.6 Å². The van der Waals surface area contributed by atoms with Crippen molar-refractivity contribution in [3.05, 3.63) is 30.3 Å². The van der Waals surface area contributed by atoms with Crippen molar-refractivity contribution in [2.45, 2.75) is 6.54 Å². The zero-order chi connectivity index (χ0) is 6.53. The van der Waals surface area contributed by atoms with Crippen molar-refractivity contribution in [1.82, 2.24) is 9.55 Å². The normalized spacial score (nSPS) is 10.8. The molecule has 0 aliphatic carbocycles. The van der Waals surface area contributed by atoms with Crippen LogP contribution in [0.3, 0.4) is 0 Å². The van der Waals surface area contributed by atoms with Crippen LogP contribution in [-0.4, -0.2) is 9.55 Å². The van der Waals surface area contributed by atoms with Gasteiger partial charge in [-0.05, 0) is 0 Å². The van der Waals surface area contributed by atoms with E-state index in [1.54, 1.807) is 12.5 Å². The molecule has 0 saturated carbocycles. The second-order valence-electron chi connectivity index (χ2n) is 1.62. The summed E-state index contributed by atoms with van der Waals surface area (Å²) in [5, 5.41) is 0. The summed E-state index contributed by atoms with van der Waals surface area (Å²) in [5.41, 5.74) is 1.50. The fraction of sp³-hybridized carbons (Fsp3) is 0.167. The zero-order valence-electron chi connectivity index (χ0n) is 4.87. The summed E-state index contributed by atoms with van der Waals surface area (Å²) in [7, 11) is 0. The molecule has 1 aromatic heterocycles. The van der Waals surface area contributed by atoms with Crippen LogP contribution in [0.15, 0.2) is 30.3 Å². The maximum absolute atomic E-state index is 5.30. The van der Waals surface area contributed by atoms with E-state index in [2.05, 4.69) is 4.98 Å². The molecule has 1 heterocycles. The molecule has 0 bridgehead atoms. The molecule has 1 aromatic rings. The number of aromatic nitrogens is 2. The number of hydrogen-bond donors (Lipinski definition) is 0. The molecule has 0 unspecified atom stereocenters. The van der Waals surface area contributed by atoms with E-state index < -0.39 is 0 Å². The summed E-state index contributed by atoms with van der Waals surface area (Å²) >= 11 is 5.30. The van der Waals surface area contributed by atoms with Crippen molar-refractivity contribution in [2.75, 3.05) is 0 Å². The lowest BCUT2D eigenvalue weighted by atomic mass is 10.6. The van der Waals surface area contributed by atoms with Crippen LogP contribution >= 0.6 is 11.6 Å². The number of halogens is 1. The molecule has 0 saturated heterocycles. The van der Waals surface area contributed by atoms with Gasteiger partial charge in [-0.1, -0.05) is 17.7 Å². The molecule has 3 heteroatoms. The molecule has 0 N–H and O–H groups in total. The van der Waals surface area contributed by atoms with Crippen LogP contribution in [0.5, 0.6) is 0 Å². The van der Waals surface area contributed by atoms with Crippen molar-refractivity contribution < 1.29 is 0 Å². The number of rotatable bonds is 2. The largest absolute Gasteiger partial charge is 0.334 e. The van der Waals surface area contributed by atoms with Gasteiger partial charge >= 0.3 is 0 Å². The van der Waals surface area contributed by atoms with Gasteiger partial charge in [-0.15, -0.1) is 0 Å². The summed E-state index contributed by atoms with van der Waals surface area (Å²) in [6.45, 7) is 0.795. The summed E-state index contributed by atoms with van der Waals surface area (Å²) in [4.78, 5) is 3.86. The van der Waals surface area contributed by atoms with E-state index in [4.69, 9.17) is 11.6 Å². The van der Waals surface area contributed by atoms with Gasteiger partial charge in [0, 0.05) is 24.5 Å². The van der Waals surface area contributed by atoms with Crippen molar-refractivity contribution in [3.8, 4) is 0 Å². The molecular weight excluding hydrogens is 136 g/mol. The Hall–Kier alpha value is -0.760. The monoisotopic (exact) mass is 142 g/mol. The molecular formula is C6H7ClN2. The standard InChI is InChI=1S/C6H7ClN2/c7-2-1-4-9-5-3-8-6-9/h1-3,5-6H,4H2. The third kappa shape index (κ3) is 1.90. The summed E-state index contributed by atoms with van der Waals surface area (Å²) in [6.07, 6.45) is 7.22. The fourth-order valence-corrected chi connectivity index (χ4v) is 0.636. The molecule has 0 fully saturated rings. The molecule has 0 aliphatic rings. The van der Waals surface area contributed by atoms with Crippen LogP contribution in [-0.2, 0) is 6.54 Å². The number of allylic oxidation sites excluding steroid dienone is 1. The van der Waals surface area contributed by atoms with Crippen LogP contribution < -0.4 is 0 Å². The number of nitrogens with zero attached hydrogens (tertiary/aromatic N) is 2. The molecule has 0 aliphatic heterocycles. The van der Waals surface area contributed by atoms with E-state index >= 15 is 0 Å². The first-order chi connectivity index (χ1) is 4.43. The third-order valence-corrected chi connectivity index (χ3v) is 1.14. The summed E-state index contributed by atoms with van der Waals surface area (Å²) in [6, 6.07) is 0. The molecule has 0 radical (unpaired) electrons. The predicted molar refractivity (Wildman–Crippen MR) is 37.2 cm³/mol. The highest BCUT2D eigenvalue weighted by Crippen LogP contribution is 1.87. The Bertz CT molecular complexity index is 179. The van der Waals surface area contributed by atoms with Crippen LogP contribution in [0.2, 0.25) is 0 Å². The lowest BCUT2D eigenvalue weighted by molar-refractivity contribution is 0.821. The van der Waals surface area contributed by atoms with E-state index in [1.165, 1.54) is 5.54 Å². The second kappa shape index (κ2) is 3.30. The van der Waals surface area contributed by atoms with Gasteiger partial charge in [-0.3, -0.25) is 0 Å². The SMILES string of the molecule is ClC=CCn1ccnc1. The Morgan fingerprint density at radius 3 is 3.11 bits per heavy atom. The molecule has 0 amide bonds. The quantitative estimate of drug-likeness (QED) is 0.614.